The summed E-state index contributed by atoms with van der Waals surface area (Å²) >= 11 is 5.92. The number of ether oxygens (including phenoxy) is 1. The summed E-state index contributed by atoms with van der Waals surface area (Å²) in [6, 6.07) is 3.01. The van der Waals surface area contributed by atoms with Gasteiger partial charge in [-0.05, 0) is 31.9 Å². The van der Waals surface area contributed by atoms with Gasteiger partial charge < -0.3 is 19.1 Å². The van der Waals surface area contributed by atoms with Crippen LogP contribution in [0, 0.1) is 5.82 Å². The molecule has 10 heteroatoms. The number of carbonyl (C=O) groups is 1. The van der Waals surface area contributed by atoms with Crippen LogP contribution in [0.5, 0.6) is 5.88 Å². The Hall–Kier alpha value is -2.94. The molecule has 1 aliphatic rings. The van der Waals surface area contributed by atoms with Crippen LogP contribution in [0.25, 0.3) is 11.5 Å². The van der Waals surface area contributed by atoms with Crippen molar-refractivity contribution in [2.45, 2.75) is 31.7 Å². The second-order valence-corrected chi connectivity index (χ2v) is 7.39. The Morgan fingerprint density at radius 2 is 2.28 bits per heavy atom. The summed E-state index contributed by atoms with van der Waals surface area (Å²) in [5, 5.41) is 4.54. The highest BCUT2D eigenvalue weighted by Gasteiger charge is 2.34. The van der Waals surface area contributed by atoms with Crippen LogP contribution >= 0.6 is 11.6 Å². The number of aromatic nitrogens is 4. The Labute approximate surface area is 171 Å². The van der Waals surface area contributed by atoms with Gasteiger partial charge in [-0.2, -0.15) is 4.98 Å². The number of amides is 1. The van der Waals surface area contributed by atoms with E-state index in [1.54, 1.807) is 17.2 Å². The summed E-state index contributed by atoms with van der Waals surface area (Å²) in [6.45, 7) is 2.28. The summed E-state index contributed by atoms with van der Waals surface area (Å²) in [7, 11) is 1.31. The number of likely N-dealkylation sites (tertiary alicyclic amines) is 1. The molecule has 1 amide bonds. The standard InChI is InChI=1S/C19H19ClFN5O3/c1-10-3-4-11(17-24-16(25-29-17)14-7-12(20)8-23-14)9-26(10)19(27)13-5-6-22-18(28-2)15(13)21/h5-8,10-11,23H,3-4,9H2,1-2H3. The highest BCUT2D eigenvalue weighted by molar-refractivity contribution is 6.30. The van der Waals surface area contributed by atoms with Crippen LogP contribution in [0.4, 0.5) is 4.39 Å². The van der Waals surface area contributed by atoms with Crippen molar-refractivity contribution in [2.24, 2.45) is 0 Å². The van der Waals surface area contributed by atoms with Gasteiger partial charge in [-0.25, -0.2) is 9.37 Å². The predicted octanol–water partition coefficient (Wildman–Crippen LogP) is 3.67. The van der Waals surface area contributed by atoms with Crippen molar-refractivity contribution in [3.63, 3.8) is 0 Å². The van der Waals surface area contributed by atoms with E-state index in [1.165, 1.54) is 19.4 Å². The van der Waals surface area contributed by atoms with E-state index in [0.29, 0.717) is 29.0 Å². The zero-order chi connectivity index (χ0) is 20.5. The summed E-state index contributed by atoms with van der Waals surface area (Å²) in [5.74, 6) is -0.706. The van der Waals surface area contributed by atoms with Crippen LogP contribution in [0.2, 0.25) is 5.02 Å². The Morgan fingerprint density at radius 1 is 1.45 bits per heavy atom. The molecule has 0 aliphatic carbocycles. The third kappa shape index (κ3) is 3.69. The molecule has 3 aromatic rings. The molecule has 0 bridgehead atoms. The van der Waals surface area contributed by atoms with E-state index in [2.05, 4.69) is 20.1 Å². The number of H-pyrrole nitrogens is 1. The molecule has 1 fully saturated rings. The lowest BCUT2D eigenvalue weighted by atomic mass is 9.92. The summed E-state index contributed by atoms with van der Waals surface area (Å²) in [4.78, 5) is 25.8. The normalized spacial score (nSPS) is 19.4. The van der Waals surface area contributed by atoms with Crippen LogP contribution in [0.3, 0.4) is 0 Å². The van der Waals surface area contributed by atoms with Crippen molar-refractivity contribution in [1.29, 1.82) is 0 Å². The van der Waals surface area contributed by atoms with Gasteiger partial charge >= 0.3 is 0 Å². The molecular formula is C19H19ClFN5O3. The summed E-state index contributed by atoms with van der Waals surface area (Å²) in [5.41, 5.74) is 0.574. The number of rotatable bonds is 4. The molecular weight excluding hydrogens is 401 g/mol. The summed E-state index contributed by atoms with van der Waals surface area (Å²) in [6.07, 6.45) is 4.49. The van der Waals surface area contributed by atoms with Gasteiger partial charge in [0.2, 0.25) is 11.7 Å². The Balaban J connectivity index is 1.56. The van der Waals surface area contributed by atoms with Gasteiger partial charge in [0.05, 0.1) is 29.3 Å². The van der Waals surface area contributed by atoms with Crippen LogP contribution in [-0.2, 0) is 0 Å². The first kappa shape index (κ1) is 19.4. The predicted molar refractivity (Wildman–Crippen MR) is 102 cm³/mol. The van der Waals surface area contributed by atoms with Gasteiger partial charge in [-0.1, -0.05) is 16.8 Å². The maximum atomic E-state index is 14.5. The van der Waals surface area contributed by atoms with Gasteiger partial charge in [-0.3, -0.25) is 4.79 Å². The average molecular weight is 420 g/mol. The van der Waals surface area contributed by atoms with Gasteiger partial charge in [0.15, 0.2) is 5.82 Å². The first-order valence-electron chi connectivity index (χ1n) is 9.15. The van der Waals surface area contributed by atoms with Crippen molar-refractivity contribution in [3.05, 3.63) is 46.8 Å². The van der Waals surface area contributed by atoms with E-state index >= 15 is 0 Å². The molecule has 0 saturated carbocycles. The van der Waals surface area contributed by atoms with Gasteiger partial charge in [-0.15, -0.1) is 0 Å². The molecule has 4 rings (SSSR count). The number of nitrogens with one attached hydrogen (secondary N) is 1. The second-order valence-electron chi connectivity index (χ2n) is 6.95. The highest BCUT2D eigenvalue weighted by atomic mass is 35.5. The minimum atomic E-state index is -0.766. The molecule has 8 nitrogen and oxygen atoms in total. The number of nitrogens with zero attached hydrogens (tertiary/aromatic N) is 4. The van der Waals surface area contributed by atoms with Crippen LogP contribution in [-0.4, -0.2) is 50.6 Å². The van der Waals surface area contributed by atoms with Crippen LogP contribution in [0.1, 0.15) is 41.9 Å². The Kier molecular flexibility index (Phi) is 5.23. The number of halogens is 2. The largest absolute Gasteiger partial charge is 0.479 e. The lowest BCUT2D eigenvalue weighted by Gasteiger charge is -2.36. The zero-order valence-corrected chi connectivity index (χ0v) is 16.6. The molecule has 0 radical (unpaired) electrons. The van der Waals surface area contributed by atoms with Crippen LogP contribution < -0.4 is 4.74 Å². The molecule has 29 heavy (non-hydrogen) atoms. The number of methoxy groups -OCH3 is 1. The molecule has 4 heterocycles. The fourth-order valence-electron chi connectivity index (χ4n) is 3.49. The molecule has 2 unspecified atom stereocenters. The quantitative estimate of drug-likeness (QED) is 0.693. The van der Waals surface area contributed by atoms with Gasteiger partial charge in [0.1, 0.15) is 0 Å². The van der Waals surface area contributed by atoms with E-state index in [1.807, 2.05) is 6.92 Å². The number of pyridine rings is 1. The maximum absolute atomic E-state index is 14.5. The molecule has 0 aromatic carbocycles. The van der Waals surface area contributed by atoms with E-state index in [9.17, 15) is 9.18 Å². The molecule has 1 saturated heterocycles. The van der Waals surface area contributed by atoms with E-state index < -0.39 is 11.7 Å². The lowest BCUT2D eigenvalue weighted by molar-refractivity contribution is 0.0587. The molecule has 152 valence electrons. The van der Waals surface area contributed by atoms with Crippen molar-refractivity contribution in [1.82, 2.24) is 25.0 Å². The Morgan fingerprint density at radius 3 is 3.00 bits per heavy atom. The first-order chi connectivity index (χ1) is 14.0. The minimum Gasteiger partial charge on any atom is -0.479 e. The molecule has 3 aromatic heterocycles. The van der Waals surface area contributed by atoms with E-state index in [0.717, 1.165) is 12.8 Å². The van der Waals surface area contributed by atoms with Crippen molar-refractivity contribution < 1.29 is 18.4 Å². The second kappa shape index (κ2) is 7.82. The first-order valence-corrected chi connectivity index (χ1v) is 9.53. The third-order valence-corrected chi connectivity index (χ3v) is 5.32. The topological polar surface area (TPSA) is 97.1 Å². The SMILES string of the molecule is COc1nccc(C(=O)N2CC(c3nc(-c4cc(Cl)c[nH]4)no3)CCC2C)c1F. The maximum Gasteiger partial charge on any atom is 0.257 e. The van der Waals surface area contributed by atoms with Gasteiger partial charge in [0.25, 0.3) is 11.8 Å². The third-order valence-electron chi connectivity index (χ3n) is 5.10. The molecule has 1 aliphatic heterocycles. The Bertz CT molecular complexity index is 1040. The zero-order valence-electron chi connectivity index (χ0n) is 15.9. The molecule has 1 N–H and O–H groups in total. The van der Waals surface area contributed by atoms with E-state index in [4.69, 9.17) is 20.9 Å². The minimum absolute atomic E-state index is 0.0538. The smallest absolute Gasteiger partial charge is 0.257 e. The number of hydrogen-bond donors (Lipinski definition) is 1. The van der Waals surface area contributed by atoms with Crippen molar-refractivity contribution in [3.8, 4) is 17.4 Å². The van der Waals surface area contributed by atoms with Crippen molar-refractivity contribution >= 4 is 17.5 Å². The highest BCUT2D eigenvalue weighted by Crippen LogP contribution is 2.32. The van der Waals surface area contributed by atoms with Crippen LogP contribution in [0.15, 0.2) is 29.0 Å². The number of piperidine rings is 1. The molecule has 0 spiro atoms. The lowest BCUT2D eigenvalue weighted by Crippen LogP contribution is -2.45. The fraction of sp³-hybridized carbons (Fsp3) is 0.368. The molecule has 2 atom stereocenters. The number of carbonyl (C=O) groups excluding carboxylic acids is 1. The average Bonchev–Trinajstić information content (AvgIpc) is 3.37. The van der Waals surface area contributed by atoms with Gasteiger partial charge in [0, 0.05) is 25.0 Å². The van der Waals surface area contributed by atoms with Crippen molar-refractivity contribution in [2.75, 3.05) is 13.7 Å². The monoisotopic (exact) mass is 419 g/mol. The van der Waals surface area contributed by atoms with E-state index in [-0.39, 0.29) is 23.4 Å². The fourth-order valence-corrected chi connectivity index (χ4v) is 3.65. The summed E-state index contributed by atoms with van der Waals surface area (Å²) < 4.78 is 24.8. The number of hydrogen-bond acceptors (Lipinski definition) is 6. The number of aromatic amines is 1.